The van der Waals surface area contributed by atoms with E-state index in [9.17, 15) is 4.80 Å². The number of hydrogen-bond donors (Lipinski definition) is 1. The van der Waals surface area contributed by atoms with Crippen LogP contribution in [0.4, 0.5) is 0 Å². The molecule has 0 aromatic heterocycles. The van der Waals surface area contributed by atoms with Gasteiger partial charge in [0.2, 0.25) is 0 Å². The summed E-state index contributed by atoms with van der Waals surface area (Å²) in [5, 5.41) is 1.63. The summed E-state index contributed by atoms with van der Waals surface area (Å²) in [6, 6.07) is 19.1. The van der Waals surface area contributed by atoms with Crippen molar-refractivity contribution in [1.82, 2.24) is 0 Å². The maximum atomic E-state index is 11.4. The average molecular weight is 451 g/mol. The molecule has 0 atom stereocenters. The Morgan fingerprint density at radius 2 is 0.903 bits per heavy atom. The molecule has 0 saturated carbocycles. The van der Waals surface area contributed by atoms with Crippen molar-refractivity contribution in [2.45, 2.75) is 0 Å². The SMILES string of the molecule is COCCOCCOCCOCCOCCO[Si](O)(c1ccccc1)c1ccccc1. The van der Waals surface area contributed by atoms with E-state index < -0.39 is 8.56 Å². The summed E-state index contributed by atoms with van der Waals surface area (Å²) in [6.45, 7) is 4.90. The first kappa shape index (κ1) is 25.6. The van der Waals surface area contributed by atoms with Crippen LogP contribution in [0.3, 0.4) is 0 Å². The third-order valence-electron chi connectivity index (χ3n) is 4.42. The zero-order valence-corrected chi connectivity index (χ0v) is 19.2. The largest absolute Gasteiger partial charge is 0.404 e. The zero-order chi connectivity index (χ0) is 22.0. The molecule has 0 aliphatic heterocycles. The fourth-order valence-electron chi connectivity index (χ4n) is 2.81. The van der Waals surface area contributed by atoms with Gasteiger partial charge < -0.3 is 32.9 Å². The Balaban J connectivity index is 1.56. The quantitative estimate of drug-likeness (QED) is 0.268. The summed E-state index contributed by atoms with van der Waals surface area (Å²) in [6.07, 6.45) is 0. The first-order valence-corrected chi connectivity index (χ1v) is 12.4. The highest BCUT2D eigenvalue weighted by Gasteiger charge is 2.38. The van der Waals surface area contributed by atoms with Crippen LogP contribution in [-0.4, -0.2) is 86.5 Å². The second-order valence-corrected chi connectivity index (χ2v) is 9.40. The van der Waals surface area contributed by atoms with Gasteiger partial charge in [-0.25, -0.2) is 0 Å². The molecule has 1 N–H and O–H groups in total. The van der Waals surface area contributed by atoms with E-state index >= 15 is 0 Å². The molecule has 0 aliphatic carbocycles. The molecule has 0 amide bonds. The van der Waals surface area contributed by atoms with Gasteiger partial charge in [-0.1, -0.05) is 60.7 Å². The molecule has 8 heteroatoms. The normalized spacial score (nSPS) is 11.7. The zero-order valence-electron chi connectivity index (χ0n) is 18.2. The molecule has 0 aliphatic rings. The summed E-state index contributed by atoms with van der Waals surface area (Å²) in [5.74, 6) is 0. The van der Waals surface area contributed by atoms with Gasteiger partial charge in [0.25, 0.3) is 0 Å². The summed E-state index contributed by atoms with van der Waals surface area (Å²) in [7, 11) is -1.61. The number of methoxy groups -OCH3 is 1. The third kappa shape index (κ3) is 10.0. The van der Waals surface area contributed by atoms with E-state index in [-0.39, 0.29) is 0 Å². The van der Waals surface area contributed by atoms with Crippen LogP contribution >= 0.6 is 0 Å². The number of benzene rings is 2. The Morgan fingerprint density at radius 3 is 1.29 bits per heavy atom. The van der Waals surface area contributed by atoms with E-state index in [4.69, 9.17) is 28.1 Å². The lowest BCUT2D eigenvalue weighted by Gasteiger charge is -2.25. The molecule has 7 nitrogen and oxygen atoms in total. The molecule has 0 fully saturated rings. The molecule has 2 aromatic rings. The second-order valence-electron chi connectivity index (χ2n) is 6.67. The van der Waals surface area contributed by atoms with E-state index in [1.807, 2.05) is 60.7 Å². The van der Waals surface area contributed by atoms with Gasteiger partial charge in [-0.05, 0) is 10.4 Å². The Hall–Kier alpha value is -1.62. The van der Waals surface area contributed by atoms with Crippen LogP contribution in [0.5, 0.6) is 0 Å². The van der Waals surface area contributed by atoms with Crippen LogP contribution in [0.25, 0.3) is 0 Å². The summed E-state index contributed by atoms with van der Waals surface area (Å²) >= 11 is 0. The van der Waals surface area contributed by atoms with E-state index in [0.29, 0.717) is 66.1 Å². The molecule has 0 radical (unpaired) electrons. The summed E-state index contributed by atoms with van der Waals surface area (Å²) in [4.78, 5) is 11.4. The molecular weight excluding hydrogens is 416 g/mol. The van der Waals surface area contributed by atoms with E-state index in [1.165, 1.54) is 0 Å². The van der Waals surface area contributed by atoms with Crippen molar-refractivity contribution in [3.8, 4) is 0 Å². The lowest BCUT2D eigenvalue weighted by atomic mass is 10.4. The monoisotopic (exact) mass is 450 g/mol. The Bertz CT molecular complexity index is 633. The number of rotatable bonds is 18. The Labute approximate surface area is 186 Å². The highest BCUT2D eigenvalue weighted by atomic mass is 28.4. The van der Waals surface area contributed by atoms with Crippen LogP contribution in [0.2, 0.25) is 0 Å². The average Bonchev–Trinajstić information content (AvgIpc) is 2.82. The molecule has 2 aromatic carbocycles. The van der Waals surface area contributed by atoms with Gasteiger partial charge in [0, 0.05) is 7.11 Å². The van der Waals surface area contributed by atoms with Crippen LogP contribution in [-0.2, 0) is 28.1 Å². The highest BCUT2D eigenvalue weighted by molar-refractivity contribution is 6.91. The smallest absolute Gasteiger partial charge is 0.404 e. The van der Waals surface area contributed by atoms with Gasteiger partial charge >= 0.3 is 8.56 Å². The maximum Gasteiger partial charge on any atom is 0.404 e. The molecule has 2 rings (SSSR count). The van der Waals surface area contributed by atoms with Gasteiger partial charge in [0.1, 0.15) is 0 Å². The van der Waals surface area contributed by atoms with E-state index in [2.05, 4.69) is 0 Å². The molecule has 0 saturated heterocycles. The van der Waals surface area contributed by atoms with E-state index in [0.717, 1.165) is 10.4 Å². The molecule has 0 unspecified atom stereocenters. The maximum absolute atomic E-state index is 11.4. The minimum atomic E-state index is -3.25. The van der Waals surface area contributed by atoms with E-state index in [1.54, 1.807) is 7.11 Å². The minimum absolute atomic E-state index is 0.304. The second kappa shape index (κ2) is 16.1. The van der Waals surface area contributed by atoms with Gasteiger partial charge in [-0.2, -0.15) is 0 Å². The molecule has 0 spiro atoms. The van der Waals surface area contributed by atoms with Crippen molar-refractivity contribution in [1.29, 1.82) is 0 Å². The van der Waals surface area contributed by atoms with Crippen LogP contribution in [0, 0.1) is 0 Å². The minimum Gasteiger partial charge on any atom is -0.404 e. The predicted molar refractivity (Wildman–Crippen MR) is 121 cm³/mol. The van der Waals surface area contributed by atoms with Crippen LogP contribution in [0.1, 0.15) is 0 Å². The van der Waals surface area contributed by atoms with Crippen molar-refractivity contribution in [3.63, 3.8) is 0 Å². The van der Waals surface area contributed by atoms with Gasteiger partial charge in [0.05, 0.1) is 66.1 Å². The van der Waals surface area contributed by atoms with Gasteiger partial charge in [0.15, 0.2) is 0 Å². The molecule has 0 heterocycles. The van der Waals surface area contributed by atoms with Gasteiger partial charge in [-0.15, -0.1) is 0 Å². The van der Waals surface area contributed by atoms with Crippen molar-refractivity contribution >= 4 is 18.9 Å². The summed E-state index contributed by atoms with van der Waals surface area (Å²) < 4.78 is 32.6. The molecular formula is C23H34O7Si. The Kier molecular flexibility index (Phi) is 13.3. The van der Waals surface area contributed by atoms with Crippen molar-refractivity contribution < 1.29 is 32.9 Å². The standard InChI is InChI=1S/C23H34O7Si/c1-25-12-13-26-14-15-27-16-17-28-18-19-29-20-21-30-31(24,22-8-4-2-5-9-22)23-10-6-3-7-11-23/h2-11,24H,12-21H2,1H3. The van der Waals surface area contributed by atoms with Crippen molar-refractivity contribution in [2.75, 3.05) is 73.2 Å². The highest BCUT2D eigenvalue weighted by Crippen LogP contribution is 2.04. The number of ether oxygens (including phenoxy) is 5. The van der Waals surface area contributed by atoms with Crippen molar-refractivity contribution in [2.24, 2.45) is 0 Å². The molecule has 31 heavy (non-hydrogen) atoms. The summed E-state index contributed by atoms with van der Waals surface area (Å²) in [5.41, 5.74) is 0. The lowest BCUT2D eigenvalue weighted by Crippen LogP contribution is -2.61. The van der Waals surface area contributed by atoms with Crippen LogP contribution < -0.4 is 10.4 Å². The fraction of sp³-hybridized carbons (Fsp3) is 0.478. The lowest BCUT2D eigenvalue weighted by molar-refractivity contribution is -0.0103. The third-order valence-corrected chi connectivity index (χ3v) is 7.27. The van der Waals surface area contributed by atoms with Crippen molar-refractivity contribution in [3.05, 3.63) is 60.7 Å². The first-order chi connectivity index (χ1) is 15.3. The number of hydrogen-bond acceptors (Lipinski definition) is 7. The molecule has 172 valence electrons. The first-order valence-electron chi connectivity index (χ1n) is 10.5. The fourth-order valence-corrected chi connectivity index (χ4v) is 5.15. The van der Waals surface area contributed by atoms with Crippen LogP contribution in [0.15, 0.2) is 60.7 Å². The predicted octanol–water partition coefficient (Wildman–Crippen LogP) is 0.965. The topological polar surface area (TPSA) is 75.6 Å². The van der Waals surface area contributed by atoms with Gasteiger partial charge in [-0.3, -0.25) is 0 Å². The Morgan fingerprint density at radius 1 is 0.548 bits per heavy atom. The molecule has 0 bridgehead atoms.